The molecule has 164 valence electrons. The van der Waals surface area contributed by atoms with E-state index < -0.39 is 5.60 Å². The Morgan fingerprint density at radius 2 is 2.25 bits per heavy atom. The van der Waals surface area contributed by atoms with Gasteiger partial charge in [-0.1, -0.05) is 29.5 Å². The second-order valence-electron chi connectivity index (χ2n) is 8.42. The molecule has 1 fully saturated rings. The van der Waals surface area contributed by atoms with Crippen LogP contribution in [0.25, 0.3) is 0 Å². The molecule has 3 aromatic rings. The zero-order valence-corrected chi connectivity index (χ0v) is 19.3. The van der Waals surface area contributed by atoms with Gasteiger partial charge in [0, 0.05) is 40.8 Å². The van der Waals surface area contributed by atoms with Crippen LogP contribution < -0.4 is 16.0 Å². The highest BCUT2D eigenvalue weighted by atomic mass is 35.5. The van der Waals surface area contributed by atoms with Gasteiger partial charge in [-0.3, -0.25) is 0 Å². The van der Waals surface area contributed by atoms with Crippen molar-refractivity contribution < 1.29 is 5.11 Å². The molecule has 0 bridgehead atoms. The zero-order chi connectivity index (χ0) is 22.5. The summed E-state index contributed by atoms with van der Waals surface area (Å²) in [6.07, 6.45) is 4.22. The summed E-state index contributed by atoms with van der Waals surface area (Å²) in [6.45, 7) is 5.68. The van der Waals surface area contributed by atoms with E-state index in [0.717, 1.165) is 30.8 Å². The summed E-state index contributed by atoms with van der Waals surface area (Å²) in [7, 11) is 0. The van der Waals surface area contributed by atoms with E-state index in [2.05, 4.69) is 50.0 Å². The number of hydrogen-bond acceptors (Lipinski definition) is 8. The van der Waals surface area contributed by atoms with Crippen LogP contribution in [0.2, 0.25) is 5.02 Å². The van der Waals surface area contributed by atoms with Crippen LogP contribution >= 0.6 is 22.9 Å². The van der Waals surface area contributed by atoms with Gasteiger partial charge in [0.1, 0.15) is 10.0 Å². The summed E-state index contributed by atoms with van der Waals surface area (Å²) in [5.74, 6) is 6.87. The van der Waals surface area contributed by atoms with Crippen LogP contribution in [0.4, 0.5) is 17.5 Å². The minimum Gasteiger partial charge on any atom is -0.371 e. The number of anilines is 3. The number of nitrogens with two attached hydrogens (primary N) is 1. The number of hydrogen-bond donors (Lipinski definition) is 3. The van der Waals surface area contributed by atoms with E-state index in [4.69, 9.17) is 17.3 Å². The van der Waals surface area contributed by atoms with Gasteiger partial charge >= 0.3 is 0 Å². The van der Waals surface area contributed by atoms with E-state index in [1.165, 1.54) is 16.9 Å². The second-order valence-corrected chi connectivity index (χ2v) is 9.72. The predicted molar refractivity (Wildman–Crippen MR) is 127 cm³/mol. The van der Waals surface area contributed by atoms with Crippen molar-refractivity contribution >= 4 is 40.4 Å². The highest BCUT2D eigenvalue weighted by molar-refractivity contribution is 7.09. The average Bonchev–Trinajstić information content (AvgIpc) is 3.52. The van der Waals surface area contributed by atoms with E-state index in [9.17, 15) is 5.11 Å². The topological polar surface area (TPSA) is 100 Å². The first kappa shape index (κ1) is 21.2. The number of fused-ring (bicyclic) bond motifs is 2. The fourth-order valence-electron chi connectivity index (χ4n) is 4.76. The molecule has 5 rings (SSSR count). The molecule has 0 aliphatic carbocycles. The quantitative estimate of drug-likeness (QED) is 0.498. The molecule has 4 heterocycles. The third-order valence-corrected chi connectivity index (χ3v) is 7.69. The number of benzene rings is 1. The number of rotatable bonds is 2. The number of aromatic nitrogens is 3. The van der Waals surface area contributed by atoms with Gasteiger partial charge in [-0.05, 0) is 44.5 Å². The van der Waals surface area contributed by atoms with Crippen LogP contribution in [-0.2, 0) is 11.0 Å². The third kappa shape index (κ3) is 3.33. The van der Waals surface area contributed by atoms with E-state index in [1.54, 1.807) is 19.3 Å². The standard InChI is InChI=1S/C23H23ClN6OS/c1-14-23(7-8-26-13-23)16-4-3-15(5-6-22(2,31)20-27-9-10-32-20)11-18(16)30(14)19-17(24)12-28-21(25)29-19/h3-4,9-12,14,26,31H,7-8,13H2,1-2H3,(H2,25,28,29)/t14-,22-,23+/m1/s1. The Labute approximate surface area is 195 Å². The minimum absolute atomic E-state index is 0.0588. The SMILES string of the molecule is C[C@H]1N(c2nc(N)ncc2Cl)c2cc(C#C[C@@](C)(O)c3nccs3)ccc2[C@]12CCNC2. The number of nitrogens with one attached hydrogen (secondary N) is 1. The summed E-state index contributed by atoms with van der Waals surface area (Å²) < 4.78 is 0. The molecule has 9 heteroatoms. The summed E-state index contributed by atoms with van der Waals surface area (Å²) in [5.41, 5.74) is 7.55. The first-order chi connectivity index (χ1) is 15.3. The maximum atomic E-state index is 10.7. The monoisotopic (exact) mass is 466 g/mol. The Kier molecular flexibility index (Phi) is 5.10. The lowest BCUT2D eigenvalue weighted by Gasteiger charge is -2.33. The van der Waals surface area contributed by atoms with Crippen molar-refractivity contribution in [3.63, 3.8) is 0 Å². The Balaban J connectivity index is 1.62. The van der Waals surface area contributed by atoms with Gasteiger partial charge in [0.25, 0.3) is 0 Å². The molecule has 32 heavy (non-hydrogen) atoms. The van der Waals surface area contributed by atoms with Crippen molar-refractivity contribution in [3.05, 3.63) is 57.1 Å². The Hall–Kier alpha value is -2.70. The van der Waals surface area contributed by atoms with Gasteiger partial charge in [-0.25, -0.2) is 9.97 Å². The highest BCUT2D eigenvalue weighted by Gasteiger charge is 2.51. The maximum Gasteiger partial charge on any atom is 0.222 e. The molecule has 0 amide bonds. The Morgan fingerprint density at radius 1 is 1.41 bits per heavy atom. The Bertz CT molecular complexity index is 1230. The van der Waals surface area contributed by atoms with Crippen molar-refractivity contribution in [2.75, 3.05) is 23.7 Å². The fourth-order valence-corrected chi connectivity index (χ4v) is 5.59. The second kappa shape index (κ2) is 7.71. The molecule has 1 spiro atoms. The van der Waals surface area contributed by atoms with Gasteiger partial charge in [-0.2, -0.15) is 4.98 Å². The van der Waals surface area contributed by atoms with Crippen molar-refractivity contribution in [1.82, 2.24) is 20.3 Å². The molecule has 2 aromatic heterocycles. The summed E-state index contributed by atoms with van der Waals surface area (Å²) in [4.78, 5) is 14.8. The first-order valence-corrected chi connectivity index (χ1v) is 11.7. The van der Waals surface area contributed by atoms with Gasteiger partial charge < -0.3 is 21.1 Å². The van der Waals surface area contributed by atoms with Crippen LogP contribution in [0.3, 0.4) is 0 Å². The molecular weight excluding hydrogens is 444 g/mol. The van der Waals surface area contributed by atoms with Crippen LogP contribution in [0, 0.1) is 11.8 Å². The number of nitrogens with zero attached hydrogens (tertiary/aromatic N) is 4. The predicted octanol–water partition coefficient (Wildman–Crippen LogP) is 3.20. The van der Waals surface area contributed by atoms with Crippen LogP contribution in [0.15, 0.2) is 36.0 Å². The van der Waals surface area contributed by atoms with Gasteiger partial charge in [0.15, 0.2) is 11.4 Å². The molecule has 0 radical (unpaired) electrons. The zero-order valence-electron chi connectivity index (χ0n) is 17.8. The van der Waals surface area contributed by atoms with Gasteiger partial charge in [0.05, 0.1) is 6.20 Å². The summed E-state index contributed by atoms with van der Waals surface area (Å²) in [6, 6.07) is 6.30. The number of halogens is 1. The lowest BCUT2D eigenvalue weighted by molar-refractivity contribution is 0.122. The van der Waals surface area contributed by atoms with E-state index in [0.29, 0.717) is 15.8 Å². The lowest BCUT2D eigenvalue weighted by Crippen LogP contribution is -2.42. The van der Waals surface area contributed by atoms with Crippen molar-refractivity contribution in [2.24, 2.45) is 0 Å². The molecule has 1 aromatic carbocycles. The van der Waals surface area contributed by atoms with Gasteiger partial charge in [0.2, 0.25) is 5.95 Å². The Morgan fingerprint density at radius 3 is 2.97 bits per heavy atom. The fraction of sp³-hybridized carbons (Fsp3) is 0.348. The molecule has 7 nitrogen and oxygen atoms in total. The number of nitrogen functional groups attached to an aromatic ring is 1. The maximum absolute atomic E-state index is 10.7. The largest absolute Gasteiger partial charge is 0.371 e. The number of aliphatic hydroxyl groups is 1. The van der Waals surface area contributed by atoms with E-state index >= 15 is 0 Å². The van der Waals surface area contributed by atoms with Crippen LogP contribution in [0.5, 0.6) is 0 Å². The molecule has 2 aliphatic heterocycles. The highest BCUT2D eigenvalue weighted by Crippen LogP contribution is 2.52. The number of thiazole rings is 1. The summed E-state index contributed by atoms with van der Waals surface area (Å²) >= 11 is 7.90. The van der Waals surface area contributed by atoms with E-state index in [1.807, 2.05) is 17.5 Å². The minimum atomic E-state index is -1.32. The smallest absolute Gasteiger partial charge is 0.222 e. The first-order valence-electron chi connectivity index (χ1n) is 10.4. The van der Waals surface area contributed by atoms with Crippen LogP contribution in [-0.4, -0.2) is 39.2 Å². The third-order valence-electron chi connectivity index (χ3n) is 6.44. The summed E-state index contributed by atoms with van der Waals surface area (Å²) in [5, 5.41) is 17.1. The van der Waals surface area contributed by atoms with Crippen LogP contribution in [0.1, 0.15) is 36.4 Å². The molecule has 4 N–H and O–H groups in total. The van der Waals surface area contributed by atoms with Crippen molar-refractivity contribution in [3.8, 4) is 11.8 Å². The molecule has 0 unspecified atom stereocenters. The molecular formula is C23H23ClN6OS. The normalized spacial score (nSPS) is 23.6. The van der Waals surface area contributed by atoms with Crippen molar-refractivity contribution in [1.29, 1.82) is 0 Å². The molecule has 0 saturated carbocycles. The molecule has 3 atom stereocenters. The van der Waals surface area contributed by atoms with E-state index in [-0.39, 0.29) is 17.4 Å². The lowest BCUT2D eigenvalue weighted by atomic mass is 9.76. The van der Waals surface area contributed by atoms with Crippen molar-refractivity contribution in [2.45, 2.75) is 37.3 Å². The average molecular weight is 467 g/mol. The molecule has 2 aliphatic rings. The molecule has 1 saturated heterocycles. The van der Waals surface area contributed by atoms with Gasteiger partial charge in [-0.15, -0.1) is 11.3 Å².